The Balaban J connectivity index is 2.10. The molecule has 1 saturated heterocycles. The molecule has 0 amide bonds. The van der Waals surface area contributed by atoms with Crippen molar-refractivity contribution >= 4 is 0 Å². The molecule has 49 heavy (non-hydrogen) atoms. The van der Waals surface area contributed by atoms with Gasteiger partial charge >= 0.3 is 0 Å². The summed E-state index contributed by atoms with van der Waals surface area (Å²) in [6.45, 7) is 6.68. The third-order valence-corrected chi connectivity index (χ3v) is 10.4. The maximum Gasteiger partial charge on any atom is 0.186 e. The van der Waals surface area contributed by atoms with Crippen LogP contribution in [0.1, 0.15) is 181 Å². The van der Waals surface area contributed by atoms with Crippen molar-refractivity contribution < 1.29 is 39.1 Å². The molecule has 0 saturated carbocycles. The molecule has 4 N–H and O–H groups in total. The number of likely N-dealkylation sites (N-methyl/N-ethyl adjacent to an activating group) is 1. The van der Waals surface area contributed by atoms with Crippen LogP contribution >= 0.6 is 0 Å². The van der Waals surface area contributed by atoms with Gasteiger partial charge in [0.25, 0.3) is 0 Å². The van der Waals surface area contributed by atoms with Gasteiger partial charge in [-0.2, -0.15) is 0 Å². The molecule has 294 valence electrons. The molecule has 0 radical (unpaired) electrons. The zero-order valence-electron chi connectivity index (χ0n) is 32.8. The van der Waals surface area contributed by atoms with Crippen LogP contribution < -0.4 is 0 Å². The molecule has 0 aromatic heterocycles. The maximum atomic E-state index is 10.7. The summed E-state index contributed by atoms with van der Waals surface area (Å²) in [4.78, 5) is 0. The van der Waals surface area contributed by atoms with E-state index in [1.54, 1.807) is 0 Å². The number of unbranched alkanes of at least 4 members (excludes halogenated alkanes) is 24. The lowest BCUT2D eigenvalue weighted by atomic mass is 9.99. The monoisotopic (exact) mass is 703 g/mol. The van der Waals surface area contributed by atoms with E-state index in [2.05, 4.69) is 27.9 Å². The second kappa shape index (κ2) is 31.2. The fraction of sp³-hybridized carbons (Fsp3) is 1.00. The first-order valence-corrected chi connectivity index (χ1v) is 21.1. The van der Waals surface area contributed by atoms with Crippen LogP contribution in [0, 0.1) is 0 Å². The SMILES string of the molecule is CCCCCCCCCCCCCCCCCC[N+](C)(C)CC(O)COC[C@H]1O[C@@H](OCCCCCCCCCCCC)[C@H](O)[C@@H](O)[C@@H]1O. The van der Waals surface area contributed by atoms with E-state index in [9.17, 15) is 20.4 Å². The molecule has 6 atom stereocenters. The number of quaternary nitrogens is 1. The van der Waals surface area contributed by atoms with Crippen molar-refractivity contribution in [1.29, 1.82) is 0 Å². The van der Waals surface area contributed by atoms with Crippen molar-refractivity contribution in [2.45, 2.75) is 218 Å². The highest BCUT2D eigenvalue weighted by Crippen LogP contribution is 2.23. The molecule has 0 aliphatic carbocycles. The number of hydrogen-bond donors (Lipinski definition) is 4. The van der Waals surface area contributed by atoms with Gasteiger partial charge in [0.2, 0.25) is 0 Å². The average molecular weight is 703 g/mol. The van der Waals surface area contributed by atoms with Gasteiger partial charge in [0.05, 0.1) is 33.9 Å². The van der Waals surface area contributed by atoms with Crippen LogP contribution in [0.5, 0.6) is 0 Å². The van der Waals surface area contributed by atoms with Crippen molar-refractivity contribution in [3.63, 3.8) is 0 Å². The fourth-order valence-electron chi connectivity index (χ4n) is 7.10. The molecule has 0 spiro atoms. The Morgan fingerprint density at radius 2 is 0.959 bits per heavy atom. The normalized spacial score (nSPS) is 22.2. The quantitative estimate of drug-likeness (QED) is 0.0388. The van der Waals surface area contributed by atoms with Crippen molar-refractivity contribution in [2.75, 3.05) is 47.0 Å². The molecule has 8 nitrogen and oxygen atoms in total. The van der Waals surface area contributed by atoms with Gasteiger partial charge in [-0.15, -0.1) is 0 Å². The highest BCUT2D eigenvalue weighted by molar-refractivity contribution is 4.89. The topological polar surface area (TPSA) is 109 Å². The first kappa shape index (κ1) is 46.7. The van der Waals surface area contributed by atoms with Crippen molar-refractivity contribution in [1.82, 2.24) is 0 Å². The average Bonchev–Trinajstić information content (AvgIpc) is 3.07. The summed E-state index contributed by atoms with van der Waals surface area (Å²) in [6.07, 6.45) is 27.6. The second-order valence-electron chi connectivity index (χ2n) is 15.9. The first-order chi connectivity index (χ1) is 23.7. The van der Waals surface area contributed by atoms with Crippen molar-refractivity contribution in [3.8, 4) is 0 Å². The Labute approximate surface area is 303 Å². The molecule has 0 aromatic carbocycles. The van der Waals surface area contributed by atoms with E-state index in [0.717, 1.165) is 30.3 Å². The van der Waals surface area contributed by atoms with Gasteiger partial charge < -0.3 is 39.1 Å². The highest BCUT2D eigenvalue weighted by Gasteiger charge is 2.44. The van der Waals surface area contributed by atoms with Crippen LogP contribution in [0.2, 0.25) is 0 Å². The highest BCUT2D eigenvalue weighted by atomic mass is 16.7. The van der Waals surface area contributed by atoms with E-state index in [4.69, 9.17) is 14.2 Å². The predicted molar refractivity (Wildman–Crippen MR) is 203 cm³/mol. The molecule has 1 rings (SSSR count). The van der Waals surface area contributed by atoms with Crippen LogP contribution in [0.4, 0.5) is 0 Å². The molecule has 1 aliphatic rings. The van der Waals surface area contributed by atoms with Gasteiger partial charge in [0, 0.05) is 6.61 Å². The molecule has 1 heterocycles. The summed E-state index contributed by atoms with van der Waals surface area (Å²) >= 11 is 0. The number of hydrogen-bond acceptors (Lipinski definition) is 7. The van der Waals surface area contributed by atoms with Crippen LogP contribution in [0.25, 0.3) is 0 Å². The van der Waals surface area contributed by atoms with Gasteiger partial charge in [-0.1, -0.05) is 162 Å². The summed E-state index contributed by atoms with van der Waals surface area (Å²) in [5, 5.41) is 41.9. The lowest BCUT2D eigenvalue weighted by Crippen LogP contribution is -2.59. The van der Waals surface area contributed by atoms with Gasteiger partial charge in [-0.25, -0.2) is 0 Å². The number of rotatable bonds is 35. The minimum atomic E-state index is -1.37. The lowest BCUT2D eigenvalue weighted by Gasteiger charge is -2.40. The summed E-state index contributed by atoms with van der Waals surface area (Å²) < 4.78 is 18.0. The van der Waals surface area contributed by atoms with E-state index in [1.165, 1.54) is 148 Å². The minimum absolute atomic E-state index is 0.00662. The Morgan fingerprint density at radius 3 is 1.41 bits per heavy atom. The van der Waals surface area contributed by atoms with Gasteiger partial charge in [0.15, 0.2) is 6.29 Å². The molecule has 0 bridgehead atoms. The summed E-state index contributed by atoms with van der Waals surface area (Å²) in [7, 11) is 4.30. The molecule has 8 heteroatoms. The zero-order valence-corrected chi connectivity index (χ0v) is 32.8. The van der Waals surface area contributed by atoms with Crippen molar-refractivity contribution in [3.05, 3.63) is 0 Å². The van der Waals surface area contributed by atoms with Crippen LogP contribution in [0.3, 0.4) is 0 Å². The van der Waals surface area contributed by atoms with E-state index in [-0.39, 0.29) is 13.2 Å². The second-order valence-corrected chi connectivity index (χ2v) is 15.9. The van der Waals surface area contributed by atoms with Crippen LogP contribution in [0.15, 0.2) is 0 Å². The van der Waals surface area contributed by atoms with Crippen molar-refractivity contribution in [2.24, 2.45) is 0 Å². The van der Waals surface area contributed by atoms with Gasteiger partial charge in [-0.3, -0.25) is 0 Å². The Morgan fingerprint density at radius 1 is 0.551 bits per heavy atom. The number of aliphatic hydroxyl groups is 4. The van der Waals surface area contributed by atoms with Crippen LogP contribution in [-0.4, -0.2) is 109 Å². The standard InChI is InChI=1S/C41H84NO7/c1-5-7-9-11-13-15-17-18-19-20-21-22-23-25-27-29-31-42(3,4)33-36(43)34-47-35-37-38(44)39(45)40(46)41(49-37)48-32-30-28-26-24-16-14-12-10-8-6-2/h36-41,43-46H,5-35H2,1-4H3/q+1/t36?,37-,38-,39+,40-,41-/m1/s1. The molecule has 1 fully saturated rings. The molecular formula is C41H84NO7+. The number of aliphatic hydroxyl groups excluding tert-OH is 4. The smallest absolute Gasteiger partial charge is 0.186 e. The maximum absolute atomic E-state index is 10.7. The Bertz CT molecular complexity index is 711. The third-order valence-electron chi connectivity index (χ3n) is 10.4. The largest absolute Gasteiger partial charge is 0.387 e. The van der Waals surface area contributed by atoms with Gasteiger partial charge in [-0.05, 0) is 19.3 Å². The lowest BCUT2D eigenvalue weighted by molar-refractivity contribution is -0.893. The molecule has 0 aromatic rings. The minimum Gasteiger partial charge on any atom is -0.387 e. The third kappa shape index (κ3) is 25.3. The summed E-state index contributed by atoms with van der Waals surface area (Å²) in [5.74, 6) is 0. The molecule has 1 unspecified atom stereocenters. The first-order valence-electron chi connectivity index (χ1n) is 21.1. The van der Waals surface area contributed by atoms with E-state index >= 15 is 0 Å². The van der Waals surface area contributed by atoms with E-state index < -0.39 is 36.8 Å². The summed E-state index contributed by atoms with van der Waals surface area (Å²) in [6, 6.07) is 0. The van der Waals surface area contributed by atoms with Gasteiger partial charge in [0.1, 0.15) is 37.1 Å². The fourth-order valence-corrected chi connectivity index (χ4v) is 7.10. The predicted octanol–water partition coefficient (Wildman–Crippen LogP) is 8.45. The Kier molecular flexibility index (Phi) is 29.8. The molecular weight excluding hydrogens is 618 g/mol. The zero-order chi connectivity index (χ0) is 36.0. The van der Waals surface area contributed by atoms with E-state index in [1.807, 2.05) is 0 Å². The molecule has 1 aliphatic heterocycles. The number of nitrogens with zero attached hydrogens (tertiary/aromatic N) is 1. The van der Waals surface area contributed by atoms with Crippen LogP contribution in [-0.2, 0) is 14.2 Å². The van der Waals surface area contributed by atoms with E-state index in [0.29, 0.717) is 13.2 Å². The number of ether oxygens (including phenoxy) is 3. The Hall–Kier alpha value is -0.320. The summed E-state index contributed by atoms with van der Waals surface area (Å²) in [5.41, 5.74) is 0.